The van der Waals surface area contributed by atoms with Gasteiger partial charge in [0.25, 0.3) is 0 Å². The minimum absolute atomic E-state index is 0.321. The number of likely N-dealkylation sites (N-methyl/N-ethyl adjacent to an activating group) is 1. The van der Waals surface area contributed by atoms with Gasteiger partial charge in [0.15, 0.2) is 6.04 Å². The zero-order valence-electron chi connectivity index (χ0n) is 16.3. The lowest BCUT2D eigenvalue weighted by Crippen LogP contribution is -3.09. The molecule has 6 heteroatoms. The maximum absolute atomic E-state index is 10.2. The van der Waals surface area contributed by atoms with Crippen LogP contribution < -0.4 is 15.0 Å². The number of quaternary nitrogens is 2. The molecular formula is C21H31ClN2O3+2. The van der Waals surface area contributed by atoms with E-state index in [0.717, 1.165) is 17.9 Å². The predicted octanol–water partition coefficient (Wildman–Crippen LogP) is 0.675. The van der Waals surface area contributed by atoms with Crippen molar-refractivity contribution in [3.8, 4) is 5.75 Å². The van der Waals surface area contributed by atoms with Crippen LogP contribution in [-0.2, 0) is 11.3 Å². The highest BCUT2D eigenvalue weighted by molar-refractivity contribution is 6.30. The summed E-state index contributed by atoms with van der Waals surface area (Å²) in [5.41, 5.74) is 2.31. The van der Waals surface area contributed by atoms with Gasteiger partial charge in [0.05, 0.1) is 34.4 Å². The van der Waals surface area contributed by atoms with E-state index in [1.54, 1.807) is 7.11 Å². The molecular weight excluding hydrogens is 364 g/mol. The fourth-order valence-electron chi connectivity index (χ4n) is 2.96. The van der Waals surface area contributed by atoms with E-state index < -0.39 is 6.10 Å². The number of halogens is 1. The molecule has 0 saturated carbocycles. The third kappa shape index (κ3) is 7.48. The number of nitrogens with one attached hydrogen (secondary N) is 1. The van der Waals surface area contributed by atoms with Crippen molar-refractivity contribution in [1.29, 1.82) is 0 Å². The Balaban J connectivity index is 1.72. The SMILES string of the molecule is COc1ccc([C@@H](C[NH2+]C[C@@H](O)COCc2ccc(Cl)cc2)[NH+](C)C)cc1. The third-order valence-corrected chi connectivity index (χ3v) is 4.80. The smallest absolute Gasteiger partial charge is 0.162 e. The minimum atomic E-state index is -0.494. The number of aliphatic hydroxyl groups is 1. The van der Waals surface area contributed by atoms with E-state index in [-0.39, 0.29) is 0 Å². The molecule has 2 atom stereocenters. The van der Waals surface area contributed by atoms with Gasteiger partial charge in [0.2, 0.25) is 0 Å². The van der Waals surface area contributed by atoms with Crippen LogP contribution in [0, 0.1) is 0 Å². The van der Waals surface area contributed by atoms with Gasteiger partial charge < -0.3 is 24.8 Å². The molecule has 0 aromatic heterocycles. The molecule has 0 aliphatic rings. The van der Waals surface area contributed by atoms with Crippen LogP contribution in [0.4, 0.5) is 0 Å². The number of hydrogen-bond donors (Lipinski definition) is 3. The van der Waals surface area contributed by atoms with Gasteiger partial charge in [-0.25, -0.2) is 0 Å². The normalized spacial score (nSPS) is 13.6. The van der Waals surface area contributed by atoms with Gasteiger partial charge >= 0.3 is 0 Å². The van der Waals surface area contributed by atoms with E-state index in [0.29, 0.717) is 30.8 Å². The Kier molecular flexibility index (Phi) is 9.04. The molecule has 0 saturated heterocycles. The van der Waals surface area contributed by atoms with E-state index in [9.17, 15) is 5.11 Å². The molecule has 0 bridgehead atoms. The Morgan fingerprint density at radius 2 is 1.70 bits per heavy atom. The number of ether oxygens (including phenoxy) is 2. The number of benzene rings is 2. The van der Waals surface area contributed by atoms with Gasteiger partial charge in [-0.05, 0) is 42.0 Å². The summed E-state index contributed by atoms with van der Waals surface area (Å²) in [4.78, 5) is 1.35. The Hall–Kier alpha value is -1.63. The summed E-state index contributed by atoms with van der Waals surface area (Å²) < 4.78 is 10.8. The van der Waals surface area contributed by atoms with Crippen molar-refractivity contribution in [2.24, 2.45) is 0 Å². The molecule has 0 amide bonds. The van der Waals surface area contributed by atoms with Crippen LogP contribution in [0.1, 0.15) is 17.2 Å². The Labute approximate surface area is 166 Å². The molecule has 0 aliphatic heterocycles. The summed E-state index contributed by atoms with van der Waals surface area (Å²) in [6.07, 6.45) is -0.494. The van der Waals surface area contributed by atoms with Gasteiger partial charge in [0.1, 0.15) is 24.9 Å². The van der Waals surface area contributed by atoms with E-state index in [1.807, 2.05) is 36.4 Å². The summed E-state index contributed by atoms with van der Waals surface area (Å²) in [7, 11) is 5.97. The molecule has 0 radical (unpaired) electrons. The highest BCUT2D eigenvalue weighted by atomic mass is 35.5. The van der Waals surface area contributed by atoms with Crippen LogP contribution >= 0.6 is 11.6 Å². The second-order valence-corrected chi connectivity index (χ2v) is 7.40. The maximum Gasteiger partial charge on any atom is 0.162 e. The molecule has 0 aliphatic carbocycles. The Bertz CT molecular complexity index is 662. The van der Waals surface area contributed by atoms with Gasteiger partial charge in [0, 0.05) is 10.6 Å². The lowest BCUT2D eigenvalue weighted by molar-refractivity contribution is -0.909. The molecule has 2 rings (SSSR count). The number of hydrogen-bond acceptors (Lipinski definition) is 3. The van der Waals surface area contributed by atoms with Crippen molar-refractivity contribution < 1.29 is 24.8 Å². The van der Waals surface area contributed by atoms with Crippen LogP contribution in [0.25, 0.3) is 0 Å². The zero-order chi connectivity index (χ0) is 19.6. The van der Waals surface area contributed by atoms with Crippen molar-refractivity contribution in [1.82, 2.24) is 0 Å². The maximum atomic E-state index is 10.2. The van der Waals surface area contributed by atoms with Crippen LogP contribution in [0.2, 0.25) is 5.02 Å². The quantitative estimate of drug-likeness (QED) is 0.525. The van der Waals surface area contributed by atoms with Gasteiger partial charge in [-0.1, -0.05) is 23.7 Å². The molecule has 2 aromatic rings. The van der Waals surface area contributed by atoms with Crippen molar-refractivity contribution >= 4 is 11.6 Å². The van der Waals surface area contributed by atoms with Crippen LogP contribution in [0.5, 0.6) is 5.75 Å². The van der Waals surface area contributed by atoms with Gasteiger partial charge in [-0.2, -0.15) is 0 Å². The van der Waals surface area contributed by atoms with Crippen LogP contribution in [-0.4, -0.2) is 52.1 Å². The largest absolute Gasteiger partial charge is 0.497 e. The second-order valence-electron chi connectivity index (χ2n) is 6.96. The number of rotatable bonds is 11. The average molecular weight is 395 g/mol. The third-order valence-electron chi connectivity index (χ3n) is 4.55. The van der Waals surface area contributed by atoms with Gasteiger partial charge in [-0.15, -0.1) is 0 Å². The van der Waals surface area contributed by atoms with Crippen molar-refractivity contribution in [3.05, 3.63) is 64.7 Å². The zero-order valence-corrected chi connectivity index (χ0v) is 17.1. The predicted molar refractivity (Wildman–Crippen MR) is 107 cm³/mol. The standard InChI is InChI=1S/C21H29ClN2O3/c1-24(2)21(17-6-10-20(26-3)11-7-17)13-23-12-19(25)15-27-14-16-4-8-18(22)9-5-16/h4-11,19,21,23,25H,12-15H2,1-3H3/p+2/t19-,21-/m1/s1. The first-order chi connectivity index (χ1) is 13.0. The minimum Gasteiger partial charge on any atom is -0.497 e. The summed E-state index contributed by atoms with van der Waals surface area (Å²) in [5, 5.41) is 13.0. The second kappa shape index (κ2) is 11.3. The molecule has 5 nitrogen and oxygen atoms in total. The van der Waals surface area contributed by atoms with Crippen LogP contribution in [0.3, 0.4) is 0 Å². The number of aliphatic hydroxyl groups excluding tert-OH is 1. The van der Waals surface area contributed by atoms with Crippen molar-refractivity contribution in [3.63, 3.8) is 0 Å². The molecule has 148 valence electrons. The van der Waals surface area contributed by atoms with E-state index in [1.165, 1.54) is 10.5 Å². The summed E-state index contributed by atoms with van der Waals surface area (Å²) in [6, 6.07) is 16.1. The van der Waals surface area contributed by atoms with E-state index in [2.05, 4.69) is 31.5 Å². The summed E-state index contributed by atoms with van der Waals surface area (Å²) >= 11 is 5.87. The van der Waals surface area contributed by atoms with Crippen molar-refractivity contribution in [2.75, 3.05) is 40.9 Å². The highest BCUT2D eigenvalue weighted by Crippen LogP contribution is 2.15. The monoisotopic (exact) mass is 394 g/mol. The fourth-order valence-corrected chi connectivity index (χ4v) is 3.08. The molecule has 0 spiro atoms. The molecule has 4 N–H and O–H groups in total. The molecule has 0 unspecified atom stereocenters. The molecule has 2 aromatic carbocycles. The first kappa shape index (κ1) is 21.7. The number of methoxy groups -OCH3 is 1. The first-order valence-corrected chi connectivity index (χ1v) is 9.63. The Morgan fingerprint density at radius 3 is 2.30 bits per heavy atom. The first-order valence-electron chi connectivity index (χ1n) is 9.25. The lowest BCUT2D eigenvalue weighted by Gasteiger charge is -2.21. The number of nitrogens with two attached hydrogens (primary N) is 1. The fraction of sp³-hybridized carbons (Fsp3) is 0.429. The Morgan fingerprint density at radius 1 is 1.04 bits per heavy atom. The molecule has 0 fully saturated rings. The summed E-state index contributed by atoms with van der Waals surface area (Å²) in [6.45, 7) is 2.30. The van der Waals surface area contributed by atoms with Gasteiger partial charge in [-0.3, -0.25) is 0 Å². The summed E-state index contributed by atoms with van der Waals surface area (Å²) in [5.74, 6) is 0.864. The molecule has 0 heterocycles. The topological polar surface area (TPSA) is 59.7 Å². The van der Waals surface area contributed by atoms with E-state index >= 15 is 0 Å². The lowest BCUT2D eigenvalue weighted by atomic mass is 10.1. The van der Waals surface area contributed by atoms with Crippen molar-refractivity contribution in [2.45, 2.75) is 18.8 Å². The average Bonchev–Trinajstić information content (AvgIpc) is 2.67. The highest BCUT2D eigenvalue weighted by Gasteiger charge is 2.20. The van der Waals surface area contributed by atoms with E-state index in [4.69, 9.17) is 21.1 Å². The molecule has 27 heavy (non-hydrogen) atoms. The van der Waals surface area contributed by atoms with Crippen LogP contribution in [0.15, 0.2) is 48.5 Å².